The SMILES string of the molecule is CC1=C(N2CCC3(CCC(NC(CCO)c4ccc(-n5cnnn5)nc4)CC3)C2=O)COC1=O. The minimum absolute atomic E-state index is 0.0373. The molecule has 2 aliphatic heterocycles. The van der Waals surface area contributed by atoms with Gasteiger partial charge in [-0.05, 0) is 67.5 Å². The number of tetrazole rings is 1. The van der Waals surface area contributed by atoms with Crippen LogP contribution in [0.15, 0.2) is 35.9 Å². The largest absolute Gasteiger partial charge is 0.456 e. The number of likely N-dealkylation sites (tertiary alicyclic amines) is 1. The average Bonchev–Trinajstić information content (AvgIpc) is 3.58. The van der Waals surface area contributed by atoms with Crippen molar-refractivity contribution < 1.29 is 19.4 Å². The van der Waals surface area contributed by atoms with Crippen molar-refractivity contribution in [1.82, 2.24) is 35.4 Å². The number of nitrogens with zero attached hydrogens (tertiary/aromatic N) is 6. The molecule has 0 bridgehead atoms. The number of carbonyl (C=O) groups is 2. The topological polar surface area (TPSA) is 135 Å². The second kappa shape index (κ2) is 9.22. The van der Waals surface area contributed by atoms with Crippen LogP contribution in [0.2, 0.25) is 0 Å². The molecule has 0 radical (unpaired) electrons. The number of amides is 1. The number of carbonyl (C=O) groups excluding carboxylic acids is 2. The number of rotatable bonds is 7. The molecule has 2 aromatic heterocycles. The molecule has 4 heterocycles. The molecule has 180 valence electrons. The number of aliphatic hydroxyl groups is 1. The maximum atomic E-state index is 13.4. The summed E-state index contributed by atoms with van der Waals surface area (Å²) in [7, 11) is 0. The van der Waals surface area contributed by atoms with E-state index in [2.05, 4.69) is 25.8 Å². The molecule has 1 atom stereocenters. The van der Waals surface area contributed by atoms with Crippen LogP contribution >= 0.6 is 0 Å². The molecule has 5 rings (SSSR count). The molecular formula is C23H29N7O4. The maximum absolute atomic E-state index is 13.4. The molecule has 1 saturated carbocycles. The first-order chi connectivity index (χ1) is 16.5. The normalized spacial score (nSPS) is 25.9. The summed E-state index contributed by atoms with van der Waals surface area (Å²) >= 11 is 0. The number of aromatic nitrogens is 5. The van der Waals surface area contributed by atoms with Crippen LogP contribution in [0, 0.1) is 5.41 Å². The first-order valence-corrected chi connectivity index (χ1v) is 11.8. The molecule has 1 amide bonds. The summed E-state index contributed by atoms with van der Waals surface area (Å²) in [5.41, 5.74) is 1.92. The summed E-state index contributed by atoms with van der Waals surface area (Å²) in [5.74, 6) is 0.431. The highest BCUT2D eigenvalue weighted by Crippen LogP contribution is 2.46. The summed E-state index contributed by atoms with van der Waals surface area (Å²) in [4.78, 5) is 31.3. The Balaban J connectivity index is 1.22. The zero-order chi connectivity index (χ0) is 23.7. The molecule has 1 spiro atoms. The van der Waals surface area contributed by atoms with Crippen LogP contribution < -0.4 is 5.32 Å². The second-order valence-corrected chi connectivity index (χ2v) is 9.34. The highest BCUT2D eigenvalue weighted by atomic mass is 16.5. The quantitative estimate of drug-likeness (QED) is 0.573. The van der Waals surface area contributed by atoms with Gasteiger partial charge in [0.2, 0.25) is 5.91 Å². The van der Waals surface area contributed by atoms with E-state index in [1.165, 1.54) is 11.0 Å². The fourth-order valence-electron chi connectivity index (χ4n) is 5.39. The number of hydrogen-bond acceptors (Lipinski definition) is 9. The summed E-state index contributed by atoms with van der Waals surface area (Å²) in [6.45, 7) is 2.63. The fourth-order valence-corrected chi connectivity index (χ4v) is 5.39. The van der Waals surface area contributed by atoms with Crippen LogP contribution in [0.5, 0.6) is 0 Å². The van der Waals surface area contributed by atoms with Crippen molar-refractivity contribution in [3.8, 4) is 5.82 Å². The molecular weight excluding hydrogens is 438 g/mol. The fraction of sp³-hybridized carbons (Fsp3) is 0.565. The van der Waals surface area contributed by atoms with Crippen molar-refractivity contribution in [2.75, 3.05) is 19.8 Å². The van der Waals surface area contributed by atoms with E-state index in [0.29, 0.717) is 24.4 Å². The molecule has 0 aromatic carbocycles. The monoisotopic (exact) mass is 467 g/mol. The van der Waals surface area contributed by atoms with Crippen LogP contribution in [0.3, 0.4) is 0 Å². The molecule has 1 saturated heterocycles. The maximum Gasteiger partial charge on any atom is 0.336 e. The third kappa shape index (κ3) is 4.09. The second-order valence-electron chi connectivity index (χ2n) is 9.34. The number of hydrogen-bond donors (Lipinski definition) is 2. The average molecular weight is 468 g/mol. The number of pyridine rings is 1. The Labute approximate surface area is 197 Å². The smallest absolute Gasteiger partial charge is 0.336 e. The number of cyclic esters (lactones) is 1. The predicted octanol–water partition coefficient (Wildman–Crippen LogP) is 1.06. The van der Waals surface area contributed by atoms with Gasteiger partial charge in [0.05, 0.1) is 16.7 Å². The van der Waals surface area contributed by atoms with Crippen molar-refractivity contribution >= 4 is 11.9 Å². The van der Waals surface area contributed by atoms with Gasteiger partial charge < -0.3 is 20.1 Å². The number of ether oxygens (including phenoxy) is 1. The van der Waals surface area contributed by atoms with Gasteiger partial charge in [-0.15, -0.1) is 5.10 Å². The Kier molecular flexibility index (Phi) is 6.13. The zero-order valence-electron chi connectivity index (χ0n) is 19.2. The minimum Gasteiger partial charge on any atom is -0.456 e. The van der Waals surface area contributed by atoms with Gasteiger partial charge in [-0.3, -0.25) is 4.79 Å². The third-order valence-electron chi connectivity index (χ3n) is 7.47. The Morgan fingerprint density at radius 2 is 2.09 bits per heavy atom. The summed E-state index contributed by atoms with van der Waals surface area (Å²) in [5, 5.41) is 24.4. The highest BCUT2D eigenvalue weighted by molar-refractivity contribution is 5.94. The van der Waals surface area contributed by atoms with Gasteiger partial charge in [0.1, 0.15) is 12.9 Å². The van der Waals surface area contributed by atoms with Gasteiger partial charge in [0, 0.05) is 31.4 Å². The van der Waals surface area contributed by atoms with Gasteiger partial charge >= 0.3 is 5.97 Å². The van der Waals surface area contributed by atoms with Crippen LogP contribution in [0.25, 0.3) is 5.82 Å². The lowest BCUT2D eigenvalue weighted by molar-refractivity contribution is -0.138. The van der Waals surface area contributed by atoms with Crippen molar-refractivity contribution in [1.29, 1.82) is 0 Å². The number of esters is 1. The van der Waals surface area contributed by atoms with E-state index in [4.69, 9.17) is 4.74 Å². The van der Waals surface area contributed by atoms with E-state index in [1.54, 1.807) is 18.0 Å². The molecule has 11 nitrogen and oxygen atoms in total. The predicted molar refractivity (Wildman–Crippen MR) is 119 cm³/mol. The van der Waals surface area contributed by atoms with E-state index in [1.807, 2.05) is 12.1 Å². The van der Waals surface area contributed by atoms with Crippen LogP contribution in [0.1, 0.15) is 57.1 Å². The van der Waals surface area contributed by atoms with Crippen LogP contribution in [-0.2, 0) is 14.3 Å². The molecule has 34 heavy (non-hydrogen) atoms. The first-order valence-electron chi connectivity index (χ1n) is 11.8. The summed E-state index contributed by atoms with van der Waals surface area (Å²) in [6, 6.07) is 4.04. The summed E-state index contributed by atoms with van der Waals surface area (Å²) in [6.07, 6.45) is 8.04. The van der Waals surface area contributed by atoms with E-state index in [9.17, 15) is 14.7 Å². The van der Waals surface area contributed by atoms with Gasteiger partial charge in [0.25, 0.3) is 0 Å². The van der Waals surface area contributed by atoms with E-state index in [0.717, 1.165) is 43.4 Å². The highest BCUT2D eigenvalue weighted by Gasteiger charge is 2.50. The molecule has 2 N–H and O–H groups in total. The number of aliphatic hydroxyl groups excluding tert-OH is 1. The lowest BCUT2D eigenvalue weighted by atomic mass is 9.71. The van der Waals surface area contributed by atoms with Gasteiger partial charge in [0.15, 0.2) is 5.82 Å². The van der Waals surface area contributed by atoms with Crippen LogP contribution in [0.4, 0.5) is 0 Å². The molecule has 2 aromatic rings. The Morgan fingerprint density at radius 3 is 2.71 bits per heavy atom. The summed E-state index contributed by atoms with van der Waals surface area (Å²) < 4.78 is 6.61. The first kappa shape index (κ1) is 22.6. The molecule has 2 fully saturated rings. The third-order valence-corrected chi connectivity index (χ3v) is 7.47. The Morgan fingerprint density at radius 1 is 1.26 bits per heavy atom. The van der Waals surface area contributed by atoms with Crippen molar-refractivity contribution in [3.05, 3.63) is 41.5 Å². The Bertz CT molecular complexity index is 1080. The standard InChI is InChI=1S/C23H29N7O4/c1-15-19(13-34-21(15)32)29-10-9-23(22(29)33)7-4-17(5-8-23)26-18(6-11-31)16-2-3-20(24-12-16)30-14-25-27-28-30/h2-3,12,14,17-18,26,31H,4-11,13H2,1H3. The van der Waals surface area contributed by atoms with Gasteiger partial charge in [-0.1, -0.05) is 6.07 Å². The Hall–Kier alpha value is -3.18. The lowest BCUT2D eigenvalue weighted by Gasteiger charge is -2.37. The van der Waals surface area contributed by atoms with Crippen LogP contribution in [-0.4, -0.2) is 72.9 Å². The van der Waals surface area contributed by atoms with E-state index < -0.39 is 0 Å². The minimum atomic E-state index is -0.349. The van der Waals surface area contributed by atoms with E-state index in [-0.39, 0.29) is 42.6 Å². The van der Waals surface area contributed by atoms with Gasteiger partial charge in [-0.25, -0.2) is 9.78 Å². The van der Waals surface area contributed by atoms with Crippen molar-refractivity contribution in [2.24, 2.45) is 5.41 Å². The van der Waals surface area contributed by atoms with E-state index >= 15 is 0 Å². The van der Waals surface area contributed by atoms with Crippen molar-refractivity contribution in [2.45, 2.75) is 57.5 Å². The molecule has 11 heteroatoms. The molecule has 3 aliphatic rings. The zero-order valence-corrected chi connectivity index (χ0v) is 19.2. The van der Waals surface area contributed by atoms with Gasteiger partial charge in [-0.2, -0.15) is 4.68 Å². The number of nitrogens with one attached hydrogen (secondary N) is 1. The molecule has 1 aliphatic carbocycles. The lowest BCUT2D eigenvalue weighted by Crippen LogP contribution is -2.43. The molecule has 1 unspecified atom stereocenters. The van der Waals surface area contributed by atoms with Crippen molar-refractivity contribution in [3.63, 3.8) is 0 Å².